The number of nitrogens with two attached hydrogens (primary N) is 1. The first-order chi connectivity index (χ1) is 7.90. The normalized spacial score (nSPS) is 13.1. The van der Waals surface area contributed by atoms with Gasteiger partial charge in [0, 0.05) is 12.6 Å². The van der Waals surface area contributed by atoms with Crippen LogP contribution in [0, 0.1) is 11.3 Å². The minimum Gasteiger partial charge on any atom is -0.329 e. The number of hydrogen-bond donors (Lipinski definition) is 2. The van der Waals surface area contributed by atoms with Crippen molar-refractivity contribution in [3.63, 3.8) is 0 Å². The van der Waals surface area contributed by atoms with Crippen molar-refractivity contribution in [1.82, 2.24) is 4.72 Å². The van der Waals surface area contributed by atoms with Gasteiger partial charge in [-0.15, -0.1) is 0 Å². The lowest BCUT2D eigenvalue weighted by molar-refractivity contribution is 0.562. The molecule has 0 bridgehead atoms. The van der Waals surface area contributed by atoms with Crippen LogP contribution >= 0.6 is 11.6 Å². The molecule has 0 saturated carbocycles. The van der Waals surface area contributed by atoms with Crippen molar-refractivity contribution in [3.8, 4) is 6.07 Å². The molecule has 0 unspecified atom stereocenters. The van der Waals surface area contributed by atoms with Crippen molar-refractivity contribution in [2.24, 2.45) is 5.73 Å². The number of hydrogen-bond acceptors (Lipinski definition) is 4. The summed E-state index contributed by atoms with van der Waals surface area (Å²) in [4.78, 5) is -0.00116. The topological polar surface area (TPSA) is 96.0 Å². The molecule has 0 fully saturated rings. The Bertz CT molecular complexity index is 551. The van der Waals surface area contributed by atoms with E-state index in [-0.39, 0.29) is 28.1 Å². The van der Waals surface area contributed by atoms with Crippen LogP contribution in [0.1, 0.15) is 12.5 Å². The summed E-state index contributed by atoms with van der Waals surface area (Å²) in [6.07, 6.45) is 0. The summed E-state index contributed by atoms with van der Waals surface area (Å²) in [7, 11) is -3.66. The van der Waals surface area contributed by atoms with Crippen molar-refractivity contribution in [3.05, 3.63) is 28.8 Å². The fourth-order valence-corrected chi connectivity index (χ4v) is 2.58. The summed E-state index contributed by atoms with van der Waals surface area (Å²) in [5, 5.41) is 8.99. The summed E-state index contributed by atoms with van der Waals surface area (Å²) in [5.41, 5.74) is 5.46. The fourth-order valence-electron chi connectivity index (χ4n) is 1.14. The lowest BCUT2D eigenvalue weighted by Gasteiger charge is -2.12. The van der Waals surface area contributed by atoms with Gasteiger partial charge in [0.15, 0.2) is 0 Å². The fraction of sp³-hybridized carbons (Fsp3) is 0.300. The Balaban J connectivity index is 3.13. The maximum absolute atomic E-state index is 11.9. The Hall–Kier alpha value is -1.13. The van der Waals surface area contributed by atoms with Crippen LogP contribution in [-0.4, -0.2) is 21.0 Å². The van der Waals surface area contributed by atoms with E-state index in [1.165, 1.54) is 18.2 Å². The zero-order valence-corrected chi connectivity index (χ0v) is 10.7. The molecule has 0 saturated heterocycles. The van der Waals surface area contributed by atoms with Gasteiger partial charge in [-0.1, -0.05) is 11.6 Å². The number of halogens is 1. The molecule has 0 spiro atoms. The number of nitrogens with zero attached hydrogens (tertiary/aromatic N) is 1. The van der Waals surface area contributed by atoms with Crippen LogP contribution in [0.2, 0.25) is 5.02 Å². The average molecular weight is 274 g/mol. The number of benzene rings is 1. The molecule has 1 aromatic rings. The Morgan fingerprint density at radius 3 is 2.76 bits per heavy atom. The molecule has 1 atom stereocenters. The molecule has 3 N–H and O–H groups in total. The maximum atomic E-state index is 11.9. The predicted octanol–water partition coefficient (Wildman–Crippen LogP) is 0.837. The van der Waals surface area contributed by atoms with Crippen LogP contribution in [0.3, 0.4) is 0 Å². The van der Waals surface area contributed by atoms with Gasteiger partial charge in [-0.25, -0.2) is 13.1 Å². The lowest BCUT2D eigenvalue weighted by atomic mass is 10.2. The molecule has 17 heavy (non-hydrogen) atoms. The van der Waals surface area contributed by atoms with E-state index in [1.54, 1.807) is 6.92 Å². The predicted molar refractivity (Wildman–Crippen MR) is 65.0 cm³/mol. The van der Waals surface area contributed by atoms with Crippen LogP contribution in [0.25, 0.3) is 0 Å². The molecule has 5 nitrogen and oxygen atoms in total. The summed E-state index contributed by atoms with van der Waals surface area (Å²) in [6.45, 7) is 1.84. The molecule has 0 aliphatic heterocycles. The smallest absolute Gasteiger partial charge is 0.240 e. The van der Waals surface area contributed by atoms with Gasteiger partial charge in [0.1, 0.15) is 6.07 Å². The molecule has 1 aromatic carbocycles. The van der Waals surface area contributed by atoms with E-state index in [2.05, 4.69) is 4.72 Å². The highest BCUT2D eigenvalue weighted by Crippen LogP contribution is 2.19. The molecule has 0 aromatic heterocycles. The second-order valence-electron chi connectivity index (χ2n) is 3.51. The van der Waals surface area contributed by atoms with Gasteiger partial charge in [-0.05, 0) is 25.1 Å². The van der Waals surface area contributed by atoms with Crippen LogP contribution in [0.5, 0.6) is 0 Å². The van der Waals surface area contributed by atoms with Gasteiger partial charge in [0.05, 0.1) is 15.5 Å². The zero-order chi connectivity index (χ0) is 13.1. The third kappa shape index (κ3) is 3.41. The van der Waals surface area contributed by atoms with Crippen LogP contribution < -0.4 is 10.5 Å². The minimum absolute atomic E-state index is 0.00116. The molecule has 0 aliphatic rings. The van der Waals surface area contributed by atoms with Crippen LogP contribution in [0.4, 0.5) is 0 Å². The lowest BCUT2D eigenvalue weighted by Crippen LogP contribution is -2.37. The van der Waals surface area contributed by atoms with E-state index in [0.29, 0.717) is 0 Å². The molecule has 0 aliphatic carbocycles. The standard InChI is InChI=1S/C10H12ClN3O2S/c1-7(5-12)14-17(15,16)9-2-3-10(11)8(4-9)6-13/h2-4,7,14H,5,12H2,1H3/t7-/m0/s1. The number of rotatable bonds is 4. The Kier molecular flexibility index (Phi) is 4.48. The highest BCUT2D eigenvalue weighted by Gasteiger charge is 2.17. The highest BCUT2D eigenvalue weighted by molar-refractivity contribution is 7.89. The van der Waals surface area contributed by atoms with Gasteiger partial charge in [0.25, 0.3) is 0 Å². The van der Waals surface area contributed by atoms with Crippen molar-refractivity contribution < 1.29 is 8.42 Å². The van der Waals surface area contributed by atoms with Gasteiger partial charge in [-0.3, -0.25) is 0 Å². The van der Waals surface area contributed by atoms with E-state index < -0.39 is 10.0 Å². The largest absolute Gasteiger partial charge is 0.329 e. The van der Waals surface area contributed by atoms with Crippen molar-refractivity contribution in [2.75, 3.05) is 6.54 Å². The molecule has 0 amide bonds. The van der Waals surface area contributed by atoms with Gasteiger partial charge >= 0.3 is 0 Å². The van der Waals surface area contributed by atoms with Gasteiger partial charge in [0.2, 0.25) is 10.0 Å². The van der Waals surface area contributed by atoms with Crippen molar-refractivity contribution in [1.29, 1.82) is 5.26 Å². The SMILES string of the molecule is C[C@@H](CN)NS(=O)(=O)c1ccc(Cl)c(C#N)c1. The quantitative estimate of drug-likeness (QED) is 0.849. The molecular formula is C10H12ClN3O2S. The van der Waals surface area contributed by atoms with Crippen molar-refractivity contribution >= 4 is 21.6 Å². The monoisotopic (exact) mass is 273 g/mol. The zero-order valence-electron chi connectivity index (χ0n) is 9.14. The Labute approximate surface area is 105 Å². The number of sulfonamides is 1. The van der Waals surface area contributed by atoms with Crippen LogP contribution in [-0.2, 0) is 10.0 Å². The summed E-state index contributed by atoms with van der Waals surface area (Å²) in [6, 6.07) is 5.40. The molecule has 0 heterocycles. The second-order valence-corrected chi connectivity index (χ2v) is 5.63. The second kappa shape index (κ2) is 5.47. The average Bonchev–Trinajstić information content (AvgIpc) is 2.28. The molecule has 7 heteroatoms. The van der Waals surface area contributed by atoms with E-state index >= 15 is 0 Å². The summed E-state index contributed by atoms with van der Waals surface area (Å²) in [5.74, 6) is 0. The first-order valence-corrected chi connectivity index (χ1v) is 6.69. The maximum Gasteiger partial charge on any atom is 0.240 e. The Morgan fingerprint density at radius 1 is 1.59 bits per heavy atom. The van der Waals surface area contributed by atoms with E-state index in [9.17, 15) is 8.42 Å². The third-order valence-corrected chi connectivity index (χ3v) is 4.00. The van der Waals surface area contributed by atoms with E-state index in [0.717, 1.165) is 0 Å². The summed E-state index contributed by atoms with van der Waals surface area (Å²) < 4.78 is 26.1. The van der Waals surface area contributed by atoms with Crippen molar-refractivity contribution in [2.45, 2.75) is 17.9 Å². The molecule has 92 valence electrons. The third-order valence-electron chi connectivity index (χ3n) is 2.08. The molecule has 0 radical (unpaired) electrons. The first-order valence-electron chi connectivity index (χ1n) is 4.82. The van der Waals surface area contributed by atoms with E-state index in [1.807, 2.05) is 6.07 Å². The number of nitriles is 1. The summed E-state index contributed by atoms with van der Waals surface area (Å²) >= 11 is 5.72. The molecular weight excluding hydrogens is 262 g/mol. The van der Waals surface area contributed by atoms with Gasteiger partial charge in [-0.2, -0.15) is 5.26 Å². The first kappa shape index (κ1) is 13.9. The number of nitrogens with one attached hydrogen (secondary N) is 1. The van der Waals surface area contributed by atoms with Gasteiger partial charge < -0.3 is 5.73 Å². The molecule has 1 rings (SSSR count). The highest BCUT2D eigenvalue weighted by atomic mass is 35.5. The minimum atomic E-state index is -3.66. The van der Waals surface area contributed by atoms with Crippen LogP contribution in [0.15, 0.2) is 23.1 Å². The van der Waals surface area contributed by atoms with E-state index in [4.69, 9.17) is 22.6 Å². The Morgan fingerprint density at radius 2 is 2.24 bits per heavy atom.